The lowest BCUT2D eigenvalue weighted by Gasteiger charge is -2.37. The van der Waals surface area contributed by atoms with Crippen LogP contribution >= 0.6 is 0 Å². The molecule has 3 unspecified atom stereocenters. The van der Waals surface area contributed by atoms with Gasteiger partial charge in [-0.05, 0) is 68.9 Å². The summed E-state index contributed by atoms with van der Waals surface area (Å²) in [4.78, 5) is 0. The first-order valence-electron chi connectivity index (χ1n) is 17.1. The highest BCUT2D eigenvalue weighted by Crippen LogP contribution is 2.59. The molecule has 3 aliphatic carbocycles. The lowest BCUT2D eigenvalue weighted by Crippen LogP contribution is -2.34. The van der Waals surface area contributed by atoms with Crippen LogP contribution in [0.2, 0.25) is 0 Å². The number of hydrogen-bond acceptors (Lipinski definition) is 0. The Morgan fingerprint density at radius 1 is 0.652 bits per heavy atom. The highest BCUT2D eigenvalue weighted by molar-refractivity contribution is 6.26. The second-order valence-corrected chi connectivity index (χ2v) is 14.0. The molecule has 1 aliphatic heterocycles. The molecule has 46 heavy (non-hydrogen) atoms. The van der Waals surface area contributed by atoms with Gasteiger partial charge >= 0.3 is 0 Å². The summed E-state index contributed by atoms with van der Waals surface area (Å²) in [5, 5.41) is 6.86. The Balaban J connectivity index is 1.27. The van der Waals surface area contributed by atoms with Crippen molar-refractivity contribution in [1.29, 1.82) is 0 Å². The molecule has 0 amide bonds. The van der Waals surface area contributed by atoms with Crippen LogP contribution in [0.25, 0.3) is 66.3 Å². The third-order valence-corrected chi connectivity index (χ3v) is 11.7. The molecule has 7 aromatic rings. The second kappa shape index (κ2) is 8.82. The van der Waals surface area contributed by atoms with Gasteiger partial charge in [-0.15, -0.1) is 0 Å². The van der Waals surface area contributed by atoms with Gasteiger partial charge in [0.05, 0.1) is 39.6 Å². The van der Waals surface area contributed by atoms with Crippen LogP contribution in [-0.4, -0.2) is 13.7 Å². The molecule has 3 atom stereocenters. The summed E-state index contributed by atoms with van der Waals surface area (Å²) >= 11 is 0. The Labute approximate surface area is 268 Å². The van der Waals surface area contributed by atoms with Crippen LogP contribution in [0, 0.1) is 0 Å². The Kier molecular flexibility index (Phi) is 4.83. The minimum atomic E-state index is -0.216. The van der Waals surface area contributed by atoms with E-state index in [0.29, 0.717) is 6.04 Å². The van der Waals surface area contributed by atoms with E-state index in [0.717, 1.165) is 12.8 Å². The van der Waals surface area contributed by atoms with Crippen molar-refractivity contribution in [2.24, 2.45) is 0 Å². The Morgan fingerprint density at radius 2 is 1.50 bits per heavy atom. The van der Waals surface area contributed by atoms with Crippen molar-refractivity contribution < 1.29 is 0 Å². The molecule has 4 aromatic carbocycles. The average Bonchev–Trinajstić information content (AvgIpc) is 3.82. The number of para-hydroxylation sites is 3. The predicted octanol–water partition coefficient (Wildman–Crippen LogP) is 11.2. The maximum atomic E-state index is 2.70. The van der Waals surface area contributed by atoms with Gasteiger partial charge in [-0.2, -0.15) is 0 Å². The smallest absolute Gasteiger partial charge is 0.0676 e. The van der Waals surface area contributed by atoms with E-state index < -0.39 is 0 Å². The molecule has 3 heteroatoms. The molecule has 0 spiro atoms. The lowest BCUT2D eigenvalue weighted by molar-refractivity contribution is 0.435. The largest absolute Gasteiger partial charge is 0.333 e. The molecule has 222 valence electrons. The van der Waals surface area contributed by atoms with Gasteiger partial charge in [-0.25, -0.2) is 0 Å². The standard InChI is InChI=1S/C43H35N3/c1-43-34-20-12-19-33-39-37(25-23-31-29-17-8-10-21-35(29)44(41(31)39)27-13-4-2-5-14-27)46(40(33)34)38(43)26-24-32-30-18-9-11-22-36(30)45(42(32)43)28-15-6-3-7-16-28/h4,6,8-13,15-27,38H,2-3,5,7,14H2,1H3. The Hall–Kier alpha value is -5.02. The topological polar surface area (TPSA) is 14.8 Å². The molecule has 0 N–H and O–H groups in total. The van der Waals surface area contributed by atoms with Crippen LogP contribution in [0.3, 0.4) is 0 Å². The number of aromatic nitrogens is 3. The van der Waals surface area contributed by atoms with E-state index in [-0.39, 0.29) is 11.5 Å². The summed E-state index contributed by atoms with van der Waals surface area (Å²) in [7, 11) is 0. The highest BCUT2D eigenvalue weighted by atomic mass is 15.1. The maximum Gasteiger partial charge on any atom is 0.0676 e. The van der Waals surface area contributed by atoms with Crippen molar-refractivity contribution in [3.05, 3.63) is 132 Å². The van der Waals surface area contributed by atoms with Gasteiger partial charge in [-0.1, -0.05) is 97.1 Å². The molecule has 3 aromatic heterocycles. The summed E-state index contributed by atoms with van der Waals surface area (Å²) in [5.74, 6) is 0. The van der Waals surface area contributed by atoms with E-state index in [1.807, 2.05) is 0 Å². The number of fused-ring (bicyclic) bond motifs is 14. The fourth-order valence-electron chi connectivity index (χ4n) is 9.86. The second-order valence-electron chi connectivity index (χ2n) is 14.0. The third-order valence-electron chi connectivity index (χ3n) is 11.7. The molecular weight excluding hydrogens is 558 g/mol. The quantitative estimate of drug-likeness (QED) is 0.177. The Bertz CT molecular complexity index is 2590. The zero-order chi connectivity index (χ0) is 30.1. The van der Waals surface area contributed by atoms with Crippen LogP contribution in [0.4, 0.5) is 0 Å². The minimum absolute atomic E-state index is 0.179. The molecule has 3 nitrogen and oxygen atoms in total. The molecule has 4 aliphatic rings. The van der Waals surface area contributed by atoms with E-state index in [9.17, 15) is 0 Å². The first kappa shape index (κ1) is 25.2. The van der Waals surface area contributed by atoms with Crippen LogP contribution in [0.15, 0.2) is 115 Å². The maximum absolute atomic E-state index is 2.70. The van der Waals surface area contributed by atoms with E-state index in [1.54, 1.807) is 0 Å². The van der Waals surface area contributed by atoms with Gasteiger partial charge in [0.2, 0.25) is 0 Å². The SMILES string of the molecule is CC12c3cccc4c5c6c(ccc5n(c34)C1C=Cc1c2n(C2=CCCC=C2)c2ccccc12)c1ccccc1n6C1C=CCCC1. The van der Waals surface area contributed by atoms with E-state index in [2.05, 4.69) is 142 Å². The lowest BCUT2D eigenvalue weighted by atomic mass is 9.70. The normalized spacial score (nSPS) is 23.3. The van der Waals surface area contributed by atoms with Crippen molar-refractivity contribution in [3.63, 3.8) is 0 Å². The zero-order valence-corrected chi connectivity index (χ0v) is 26.1. The van der Waals surface area contributed by atoms with E-state index in [1.165, 1.54) is 96.3 Å². The highest BCUT2D eigenvalue weighted by Gasteiger charge is 2.51. The molecular formula is C43H35N3. The number of nitrogens with zero attached hydrogens (tertiary/aromatic N) is 3. The summed E-state index contributed by atoms with van der Waals surface area (Å²) in [6.07, 6.45) is 22.7. The van der Waals surface area contributed by atoms with Gasteiger partial charge in [-0.3, -0.25) is 0 Å². The van der Waals surface area contributed by atoms with Crippen molar-refractivity contribution in [3.8, 4) is 0 Å². The monoisotopic (exact) mass is 593 g/mol. The van der Waals surface area contributed by atoms with Crippen molar-refractivity contribution in [2.45, 2.75) is 56.5 Å². The fourth-order valence-corrected chi connectivity index (χ4v) is 9.86. The Morgan fingerprint density at radius 3 is 2.35 bits per heavy atom. The summed E-state index contributed by atoms with van der Waals surface area (Å²) in [6.45, 7) is 2.51. The summed E-state index contributed by atoms with van der Waals surface area (Å²) < 4.78 is 7.97. The third kappa shape index (κ3) is 2.91. The van der Waals surface area contributed by atoms with Gasteiger partial charge in [0.1, 0.15) is 0 Å². The van der Waals surface area contributed by atoms with Gasteiger partial charge in [0.15, 0.2) is 0 Å². The van der Waals surface area contributed by atoms with Crippen LogP contribution in [-0.2, 0) is 5.41 Å². The molecule has 11 rings (SSSR count). The first-order chi connectivity index (χ1) is 22.7. The van der Waals surface area contributed by atoms with Gasteiger partial charge < -0.3 is 13.7 Å². The van der Waals surface area contributed by atoms with Crippen LogP contribution in [0.1, 0.15) is 67.9 Å². The van der Waals surface area contributed by atoms with E-state index in [4.69, 9.17) is 0 Å². The number of hydrogen-bond donors (Lipinski definition) is 0. The first-order valence-corrected chi connectivity index (χ1v) is 17.1. The minimum Gasteiger partial charge on any atom is -0.333 e. The number of allylic oxidation sites excluding steroid dienone is 7. The zero-order valence-electron chi connectivity index (χ0n) is 26.1. The molecule has 0 saturated heterocycles. The molecule has 0 bridgehead atoms. The van der Waals surface area contributed by atoms with Crippen molar-refractivity contribution >= 4 is 66.3 Å². The number of rotatable bonds is 2. The van der Waals surface area contributed by atoms with Gasteiger partial charge in [0, 0.05) is 49.4 Å². The molecule has 0 radical (unpaired) electrons. The van der Waals surface area contributed by atoms with Crippen LogP contribution in [0.5, 0.6) is 0 Å². The summed E-state index contributed by atoms with van der Waals surface area (Å²) in [6, 6.07) is 30.6. The summed E-state index contributed by atoms with van der Waals surface area (Å²) in [5.41, 5.74) is 12.1. The van der Waals surface area contributed by atoms with Gasteiger partial charge in [0.25, 0.3) is 0 Å². The van der Waals surface area contributed by atoms with Crippen molar-refractivity contribution in [2.75, 3.05) is 0 Å². The van der Waals surface area contributed by atoms with Crippen molar-refractivity contribution in [1.82, 2.24) is 13.7 Å². The fraction of sp³-hybridized carbons (Fsp3) is 0.209. The average molecular weight is 594 g/mol. The molecule has 4 heterocycles. The number of benzene rings is 4. The van der Waals surface area contributed by atoms with Crippen LogP contribution < -0.4 is 0 Å². The van der Waals surface area contributed by atoms with E-state index >= 15 is 0 Å². The predicted molar refractivity (Wildman–Crippen MR) is 194 cm³/mol. The molecule has 0 fully saturated rings. The molecule has 0 saturated carbocycles.